The zero-order valence-electron chi connectivity index (χ0n) is 17.3. The fourth-order valence-corrected chi connectivity index (χ4v) is 5.98. The summed E-state index contributed by atoms with van der Waals surface area (Å²) in [7, 11) is -3.76. The normalized spacial score (nSPS) is 15.6. The molecule has 1 heterocycles. The van der Waals surface area contributed by atoms with E-state index >= 15 is 0 Å². The molecule has 0 unspecified atom stereocenters. The van der Waals surface area contributed by atoms with Crippen molar-refractivity contribution in [2.75, 3.05) is 36.1 Å². The number of anilines is 2. The number of nitrogens with zero attached hydrogens (tertiary/aromatic N) is 1. The molecule has 1 aliphatic rings. The summed E-state index contributed by atoms with van der Waals surface area (Å²) in [4.78, 5) is 11.9. The molecule has 12 heteroatoms. The van der Waals surface area contributed by atoms with Crippen LogP contribution in [0.25, 0.3) is 0 Å². The van der Waals surface area contributed by atoms with Crippen LogP contribution >= 0.6 is 0 Å². The molecule has 0 saturated carbocycles. The number of carbonyl (C=O) groups is 1. The predicted molar refractivity (Wildman–Crippen MR) is 114 cm³/mol. The van der Waals surface area contributed by atoms with E-state index in [2.05, 4.69) is 4.72 Å². The lowest BCUT2D eigenvalue weighted by atomic mass is 10.2. The maximum absolute atomic E-state index is 13.1. The molecule has 1 N–H and O–H groups in total. The number of sulfonamides is 2. The molecule has 1 amide bonds. The molecule has 1 saturated heterocycles. The fraction of sp³-hybridized carbons (Fsp3) is 0.316. The van der Waals surface area contributed by atoms with Crippen molar-refractivity contribution >= 4 is 37.3 Å². The summed E-state index contributed by atoms with van der Waals surface area (Å²) in [5, 5.41) is 0. The number of benzene rings is 2. The third-order valence-corrected chi connectivity index (χ3v) is 7.91. The molecule has 0 aliphatic carbocycles. The van der Waals surface area contributed by atoms with Gasteiger partial charge in [0.15, 0.2) is 11.5 Å². The van der Waals surface area contributed by atoms with E-state index < -0.39 is 26.0 Å². The number of amides is 1. The van der Waals surface area contributed by atoms with Crippen LogP contribution < -0.4 is 23.2 Å². The van der Waals surface area contributed by atoms with Crippen molar-refractivity contribution in [1.82, 2.24) is 0 Å². The van der Waals surface area contributed by atoms with Gasteiger partial charge in [-0.3, -0.25) is 9.52 Å². The standard InChI is InChI=1S/C19H22N2O8S2/c1-12-5-6-14(21-18(22)7-8-30(21,23)24)11-17(12)31(25,26)20-13-9-15(27-2)19(29-4)16(10-13)28-3/h5-6,9-11,20H,7-8H2,1-4H3. The maximum atomic E-state index is 13.1. The van der Waals surface area contributed by atoms with Crippen molar-refractivity contribution in [1.29, 1.82) is 0 Å². The van der Waals surface area contributed by atoms with Gasteiger partial charge in [-0.1, -0.05) is 6.07 Å². The lowest BCUT2D eigenvalue weighted by Gasteiger charge is -2.18. The van der Waals surface area contributed by atoms with E-state index in [0.29, 0.717) is 15.6 Å². The van der Waals surface area contributed by atoms with Gasteiger partial charge in [0.25, 0.3) is 10.0 Å². The van der Waals surface area contributed by atoms with Crippen molar-refractivity contribution in [2.45, 2.75) is 18.2 Å². The third-order valence-electron chi connectivity index (χ3n) is 4.69. The average molecular weight is 471 g/mol. The molecule has 168 valence electrons. The molecular weight excluding hydrogens is 448 g/mol. The van der Waals surface area contributed by atoms with Crippen LogP contribution in [-0.2, 0) is 24.8 Å². The Morgan fingerprint density at radius 2 is 1.61 bits per heavy atom. The van der Waals surface area contributed by atoms with Crippen LogP contribution in [0.3, 0.4) is 0 Å². The van der Waals surface area contributed by atoms with E-state index in [9.17, 15) is 21.6 Å². The first-order chi connectivity index (χ1) is 14.5. The first kappa shape index (κ1) is 22.7. The zero-order valence-corrected chi connectivity index (χ0v) is 19.0. The second-order valence-electron chi connectivity index (χ2n) is 6.69. The van der Waals surface area contributed by atoms with Gasteiger partial charge in [-0.2, -0.15) is 0 Å². The summed E-state index contributed by atoms with van der Waals surface area (Å²) >= 11 is 0. The summed E-state index contributed by atoms with van der Waals surface area (Å²) in [5.74, 6) is -0.128. The SMILES string of the molecule is COc1cc(NS(=O)(=O)c2cc(N3C(=O)CCS3(=O)=O)ccc2C)cc(OC)c1OC. The summed E-state index contributed by atoms with van der Waals surface area (Å²) in [6, 6.07) is 6.85. The maximum Gasteiger partial charge on any atom is 0.262 e. The zero-order chi connectivity index (χ0) is 23.0. The molecule has 2 aromatic rings. The minimum Gasteiger partial charge on any atom is -0.493 e. The number of hydrogen-bond donors (Lipinski definition) is 1. The molecule has 3 rings (SSSR count). The van der Waals surface area contributed by atoms with Crippen LogP contribution in [0, 0.1) is 6.92 Å². The lowest BCUT2D eigenvalue weighted by Crippen LogP contribution is -2.29. The molecule has 2 aromatic carbocycles. The van der Waals surface area contributed by atoms with E-state index in [4.69, 9.17) is 14.2 Å². The highest BCUT2D eigenvalue weighted by atomic mass is 32.2. The minimum absolute atomic E-state index is 0.0293. The molecule has 0 spiro atoms. The molecule has 0 aromatic heterocycles. The Morgan fingerprint density at radius 3 is 2.10 bits per heavy atom. The Bertz CT molecular complexity index is 1210. The Hall–Kier alpha value is -2.99. The average Bonchev–Trinajstić information content (AvgIpc) is 2.99. The number of nitrogens with one attached hydrogen (secondary N) is 1. The van der Waals surface area contributed by atoms with E-state index in [0.717, 1.165) is 6.07 Å². The van der Waals surface area contributed by atoms with E-state index in [1.165, 1.54) is 45.6 Å². The highest BCUT2D eigenvalue weighted by Crippen LogP contribution is 2.40. The van der Waals surface area contributed by atoms with Crippen molar-refractivity contribution in [2.24, 2.45) is 0 Å². The minimum atomic E-state index is -4.16. The third kappa shape index (κ3) is 4.26. The van der Waals surface area contributed by atoms with E-state index in [-0.39, 0.29) is 39.9 Å². The van der Waals surface area contributed by atoms with Gasteiger partial charge < -0.3 is 14.2 Å². The fourth-order valence-electron chi connectivity index (χ4n) is 3.22. The van der Waals surface area contributed by atoms with Crippen molar-refractivity contribution in [3.05, 3.63) is 35.9 Å². The highest BCUT2D eigenvalue weighted by Gasteiger charge is 2.37. The Balaban J connectivity index is 2.04. The van der Waals surface area contributed by atoms with Crippen LogP contribution in [-0.4, -0.2) is 49.8 Å². The topological polar surface area (TPSA) is 128 Å². The van der Waals surface area contributed by atoms with Gasteiger partial charge in [-0.15, -0.1) is 0 Å². The molecule has 1 aliphatic heterocycles. The summed E-state index contributed by atoms with van der Waals surface area (Å²) < 4.78 is 69.4. The van der Waals surface area contributed by atoms with Gasteiger partial charge in [0.1, 0.15) is 0 Å². The largest absolute Gasteiger partial charge is 0.493 e. The van der Waals surface area contributed by atoms with E-state index in [1.54, 1.807) is 6.92 Å². The van der Waals surface area contributed by atoms with Gasteiger partial charge in [0.05, 0.1) is 43.4 Å². The Morgan fingerprint density at radius 1 is 1.00 bits per heavy atom. The summed E-state index contributed by atoms with van der Waals surface area (Å²) in [5.41, 5.74) is 0.482. The van der Waals surface area contributed by atoms with Gasteiger partial charge in [0.2, 0.25) is 21.7 Å². The van der Waals surface area contributed by atoms with Gasteiger partial charge in [-0.25, -0.2) is 21.1 Å². The second kappa shape index (κ2) is 8.27. The van der Waals surface area contributed by atoms with Crippen LogP contribution in [0.5, 0.6) is 17.2 Å². The van der Waals surface area contributed by atoms with Crippen LogP contribution in [0.15, 0.2) is 35.2 Å². The smallest absolute Gasteiger partial charge is 0.262 e. The van der Waals surface area contributed by atoms with Crippen molar-refractivity contribution in [3.63, 3.8) is 0 Å². The first-order valence-corrected chi connectivity index (χ1v) is 12.1. The number of methoxy groups -OCH3 is 3. The predicted octanol–water partition coefficient (Wildman–Crippen LogP) is 1.89. The number of rotatable bonds is 7. The van der Waals surface area contributed by atoms with Gasteiger partial charge in [0, 0.05) is 18.6 Å². The second-order valence-corrected chi connectivity index (χ2v) is 10.3. The van der Waals surface area contributed by atoms with Crippen molar-refractivity contribution in [3.8, 4) is 17.2 Å². The molecule has 1 fully saturated rings. The van der Waals surface area contributed by atoms with E-state index in [1.807, 2.05) is 0 Å². The molecule has 0 radical (unpaired) electrons. The first-order valence-electron chi connectivity index (χ1n) is 9.03. The molecule has 10 nitrogen and oxygen atoms in total. The molecule has 0 atom stereocenters. The number of aryl methyl sites for hydroxylation is 1. The Labute approximate surface area is 180 Å². The molecule has 31 heavy (non-hydrogen) atoms. The number of hydrogen-bond acceptors (Lipinski definition) is 8. The number of ether oxygens (including phenoxy) is 3. The molecular formula is C19H22N2O8S2. The summed E-state index contributed by atoms with van der Waals surface area (Å²) in [6.45, 7) is 1.56. The van der Waals surface area contributed by atoms with Crippen LogP contribution in [0.1, 0.15) is 12.0 Å². The van der Waals surface area contributed by atoms with Gasteiger partial charge in [-0.05, 0) is 24.6 Å². The molecule has 0 bridgehead atoms. The monoisotopic (exact) mass is 470 g/mol. The van der Waals surface area contributed by atoms with Gasteiger partial charge >= 0.3 is 0 Å². The van der Waals surface area contributed by atoms with Crippen LogP contribution in [0.2, 0.25) is 0 Å². The lowest BCUT2D eigenvalue weighted by molar-refractivity contribution is -0.116. The van der Waals surface area contributed by atoms with Crippen molar-refractivity contribution < 1.29 is 35.8 Å². The van der Waals surface area contributed by atoms with Crippen LogP contribution in [0.4, 0.5) is 11.4 Å². The number of carbonyl (C=O) groups excluding carboxylic acids is 1. The quantitative estimate of drug-likeness (QED) is 0.650. The highest BCUT2D eigenvalue weighted by molar-refractivity contribution is 7.94. The summed E-state index contributed by atoms with van der Waals surface area (Å²) in [6.07, 6.45) is -0.151. The Kier molecular flexibility index (Phi) is 6.05.